The minimum absolute atomic E-state index is 0.0189. The fourth-order valence-corrected chi connectivity index (χ4v) is 2.68. The molecule has 2 N–H and O–H groups in total. The molecular formula is C22H28N4O3. The Morgan fingerprint density at radius 3 is 2.93 bits per heavy atom. The molecule has 2 aromatic rings. The van der Waals surface area contributed by atoms with Crippen LogP contribution >= 0.6 is 0 Å². The molecule has 0 fully saturated rings. The van der Waals surface area contributed by atoms with Crippen molar-refractivity contribution in [3.05, 3.63) is 77.5 Å². The molecule has 0 aliphatic heterocycles. The Balaban J connectivity index is 1.87. The van der Waals surface area contributed by atoms with E-state index >= 15 is 0 Å². The van der Waals surface area contributed by atoms with Gasteiger partial charge in [-0.2, -0.15) is 5.10 Å². The lowest BCUT2D eigenvalue weighted by molar-refractivity contribution is -0.130. The van der Waals surface area contributed by atoms with Crippen molar-refractivity contribution in [1.29, 1.82) is 0 Å². The van der Waals surface area contributed by atoms with Gasteiger partial charge in [-0.1, -0.05) is 30.3 Å². The molecule has 29 heavy (non-hydrogen) atoms. The largest absolute Gasteiger partial charge is 0.487 e. The number of aliphatic imine (C=N–C) groups is 1. The van der Waals surface area contributed by atoms with Gasteiger partial charge in [-0.3, -0.25) is 14.9 Å². The summed E-state index contributed by atoms with van der Waals surface area (Å²) in [5.41, 5.74) is 3.09. The molecule has 2 rings (SSSR count). The molecular weight excluding hydrogens is 368 g/mol. The van der Waals surface area contributed by atoms with Gasteiger partial charge in [0, 0.05) is 38.3 Å². The summed E-state index contributed by atoms with van der Waals surface area (Å²) in [4.78, 5) is 17.4. The Morgan fingerprint density at radius 2 is 2.21 bits per heavy atom. The maximum absolute atomic E-state index is 12.0. The van der Waals surface area contributed by atoms with Crippen LogP contribution < -0.4 is 0 Å². The number of aromatic amines is 1. The number of aromatic nitrogens is 2. The summed E-state index contributed by atoms with van der Waals surface area (Å²) in [6.07, 6.45) is 8.87. The third-order valence-corrected chi connectivity index (χ3v) is 4.28. The van der Waals surface area contributed by atoms with E-state index in [4.69, 9.17) is 9.84 Å². The minimum Gasteiger partial charge on any atom is -0.487 e. The summed E-state index contributed by atoms with van der Waals surface area (Å²) in [5.74, 6) is 0.635. The van der Waals surface area contributed by atoms with Gasteiger partial charge in [-0.15, -0.1) is 0 Å². The first-order valence-electron chi connectivity index (χ1n) is 9.48. The van der Waals surface area contributed by atoms with E-state index in [1.807, 2.05) is 42.5 Å². The molecule has 0 saturated carbocycles. The highest BCUT2D eigenvalue weighted by Gasteiger charge is 2.08. The summed E-state index contributed by atoms with van der Waals surface area (Å²) in [6, 6.07) is 9.88. The molecule has 0 aliphatic carbocycles. The fourth-order valence-electron chi connectivity index (χ4n) is 2.68. The zero-order valence-electron chi connectivity index (χ0n) is 16.8. The molecule has 1 amide bonds. The van der Waals surface area contributed by atoms with Gasteiger partial charge in [-0.25, -0.2) is 0 Å². The van der Waals surface area contributed by atoms with Gasteiger partial charge in [0.05, 0.1) is 12.8 Å². The van der Waals surface area contributed by atoms with Crippen LogP contribution in [-0.4, -0.2) is 53.0 Å². The maximum Gasteiger partial charge on any atom is 0.222 e. The smallest absolute Gasteiger partial charge is 0.222 e. The number of carbonyl (C=O) groups is 1. The van der Waals surface area contributed by atoms with Crippen LogP contribution in [0.1, 0.15) is 23.2 Å². The Hall–Kier alpha value is -3.19. The van der Waals surface area contributed by atoms with Crippen LogP contribution in [0.25, 0.3) is 0 Å². The second-order valence-corrected chi connectivity index (χ2v) is 6.55. The molecule has 154 valence electrons. The van der Waals surface area contributed by atoms with E-state index in [1.54, 1.807) is 24.3 Å². The summed E-state index contributed by atoms with van der Waals surface area (Å²) in [5, 5.41) is 15.7. The molecule has 0 aliphatic rings. The molecule has 1 heterocycles. The molecule has 0 unspecified atom stereocenters. The number of aryl methyl sites for hydroxylation is 1. The average Bonchev–Trinajstić information content (AvgIpc) is 3.24. The van der Waals surface area contributed by atoms with E-state index in [0.29, 0.717) is 38.2 Å². The van der Waals surface area contributed by atoms with E-state index < -0.39 is 0 Å². The summed E-state index contributed by atoms with van der Waals surface area (Å²) >= 11 is 0. The number of aliphatic hydroxyl groups is 1. The number of aliphatic hydroxyl groups excluding tert-OH is 1. The number of H-pyrrole nitrogens is 1. The van der Waals surface area contributed by atoms with Crippen molar-refractivity contribution in [1.82, 2.24) is 15.1 Å². The van der Waals surface area contributed by atoms with Crippen molar-refractivity contribution in [2.75, 3.05) is 20.2 Å². The van der Waals surface area contributed by atoms with E-state index in [9.17, 15) is 4.79 Å². The molecule has 7 nitrogen and oxygen atoms in total. The number of benzene rings is 1. The maximum atomic E-state index is 12.0. The van der Waals surface area contributed by atoms with Crippen LogP contribution in [0.15, 0.2) is 65.6 Å². The monoisotopic (exact) mass is 396 g/mol. The number of rotatable bonds is 12. The summed E-state index contributed by atoms with van der Waals surface area (Å²) in [7, 11) is 1.70. The minimum atomic E-state index is -0.0270. The highest BCUT2D eigenvalue weighted by atomic mass is 16.5. The van der Waals surface area contributed by atoms with Crippen LogP contribution in [0.5, 0.6) is 0 Å². The van der Waals surface area contributed by atoms with Gasteiger partial charge in [0.15, 0.2) is 0 Å². The van der Waals surface area contributed by atoms with Crippen molar-refractivity contribution in [2.24, 2.45) is 4.99 Å². The van der Waals surface area contributed by atoms with Gasteiger partial charge in [0.2, 0.25) is 5.91 Å². The lowest BCUT2D eigenvalue weighted by Crippen LogP contribution is -2.29. The van der Waals surface area contributed by atoms with E-state index in [1.165, 1.54) is 0 Å². The zero-order valence-corrected chi connectivity index (χ0v) is 16.8. The third kappa shape index (κ3) is 8.15. The highest BCUT2D eigenvalue weighted by Crippen LogP contribution is 2.12. The lowest BCUT2D eigenvalue weighted by Gasteiger charge is -2.15. The van der Waals surface area contributed by atoms with Crippen molar-refractivity contribution in [2.45, 2.75) is 25.9 Å². The molecule has 7 heteroatoms. The van der Waals surface area contributed by atoms with Gasteiger partial charge >= 0.3 is 0 Å². The number of ether oxygens (including phenoxy) is 1. The summed E-state index contributed by atoms with van der Waals surface area (Å²) < 4.78 is 5.85. The van der Waals surface area contributed by atoms with Gasteiger partial charge < -0.3 is 14.7 Å². The number of hydrogen-bond donors (Lipinski definition) is 2. The quantitative estimate of drug-likeness (QED) is 0.328. The predicted molar refractivity (Wildman–Crippen MR) is 113 cm³/mol. The number of nitrogens with one attached hydrogen (secondary N) is 1. The first-order valence-corrected chi connectivity index (χ1v) is 9.48. The standard InChI is InChI=1S/C22H28N4O3/c1-23-16-21(8-4-7-20-11-12-24-25-20)29-17-19-6-3-5-18(15-19)9-10-22(28)26(2)13-14-27/h3-6,8,11-12,15-16,27H,1,7,9-10,13-14,17H2,2H3,(H,24,25)/b8-4-,21-16+. The molecule has 0 spiro atoms. The molecule has 0 atom stereocenters. The average molecular weight is 396 g/mol. The van der Waals surface area contributed by atoms with Crippen molar-refractivity contribution < 1.29 is 14.6 Å². The molecule has 0 saturated heterocycles. The fraction of sp³-hybridized carbons (Fsp3) is 0.318. The Bertz CT molecular complexity index is 828. The number of amides is 1. The second kappa shape index (κ2) is 12.3. The van der Waals surface area contributed by atoms with Crippen LogP contribution in [-0.2, 0) is 29.0 Å². The van der Waals surface area contributed by atoms with Gasteiger partial charge in [0.25, 0.3) is 0 Å². The Kier molecular flexibility index (Phi) is 9.38. The zero-order chi connectivity index (χ0) is 20.9. The van der Waals surface area contributed by atoms with Crippen LogP contribution in [0.3, 0.4) is 0 Å². The van der Waals surface area contributed by atoms with Crippen molar-refractivity contribution >= 4 is 12.6 Å². The van der Waals surface area contributed by atoms with E-state index in [2.05, 4.69) is 21.9 Å². The topological polar surface area (TPSA) is 90.8 Å². The van der Waals surface area contributed by atoms with Crippen LogP contribution in [0, 0.1) is 0 Å². The van der Waals surface area contributed by atoms with Crippen LogP contribution in [0.4, 0.5) is 0 Å². The van der Waals surface area contributed by atoms with E-state index in [0.717, 1.165) is 16.8 Å². The number of nitrogens with zero attached hydrogens (tertiary/aromatic N) is 3. The first kappa shape index (κ1) is 22.1. The van der Waals surface area contributed by atoms with Crippen molar-refractivity contribution in [3.8, 4) is 0 Å². The van der Waals surface area contributed by atoms with Gasteiger partial charge in [0.1, 0.15) is 12.4 Å². The number of carbonyl (C=O) groups excluding carboxylic acids is 1. The second-order valence-electron chi connectivity index (χ2n) is 6.55. The third-order valence-electron chi connectivity index (χ3n) is 4.28. The van der Waals surface area contributed by atoms with E-state index in [-0.39, 0.29) is 12.5 Å². The number of hydrogen-bond acceptors (Lipinski definition) is 5. The molecule has 1 aromatic carbocycles. The van der Waals surface area contributed by atoms with Crippen LogP contribution in [0.2, 0.25) is 0 Å². The normalized spacial score (nSPS) is 11.6. The van der Waals surface area contributed by atoms with Gasteiger partial charge in [-0.05, 0) is 36.4 Å². The Labute approximate surface area is 171 Å². The predicted octanol–water partition coefficient (Wildman–Crippen LogP) is 2.65. The van der Waals surface area contributed by atoms with Crippen molar-refractivity contribution in [3.63, 3.8) is 0 Å². The number of likely N-dealkylation sites (N-methyl/N-ethyl adjacent to an activating group) is 1. The summed E-state index contributed by atoms with van der Waals surface area (Å²) in [6.45, 7) is 4.21. The Morgan fingerprint density at radius 1 is 1.38 bits per heavy atom. The highest BCUT2D eigenvalue weighted by molar-refractivity contribution is 5.76. The lowest BCUT2D eigenvalue weighted by atomic mass is 10.1. The molecule has 1 aromatic heterocycles. The first-order chi connectivity index (χ1) is 14.1. The molecule has 0 bridgehead atoms. The number of allylic oxidation sites excluding steroid dienone is 2. The molecule has 0 radical (unpaired) electrons. The SMILES string of the molecule is C=N/C=C(\C=C/Cc1ccn[nH]1)OCc1cccc(CCC(=O)N(C)CCO)c1.